The number of carbonyl (C=O) groups is 4. The Morgan fingerprint density at radius 2 is 0.748 bits per heavy atom. The number of amides is 3. The molecule has 12 heterocycles. The lowest BCUT2D eigenvalue weighted by Gasteiger charge is -2.31. The predicted molar refractivity (Wildman–Crippen MR) is 531 cm³/mol. The molecule has 6 aliphatic carbocycles. The van der Waals surface area contributed by atoms with Gasteiger partial charge >= 0.3 is 39.9 Å². The van der Waals surface area contributed by atoms with Gasteiger partial charge in [-0.1, -0.05) is 0 Å². The van der Waals surface area contributed by atoms with Crippen molar-refractivity contribution in [1.82, 2.24) is 75.4 Å². The maximum atomic E-state index is 12.5. The van der Waals surface area contributed by atoms with Crippen LogP contribution in [0.5, 0.6) is 0 Å². The summed E-state index contributed by atoms with van der Waals surface area (Å²) in [5.41, 5.74) is 4.70. The molecule has 8 aromatic rings. The summed E-state index contributed by atoms with van der Waals surface area (Å²) < 4.78 is 81.1. The third-order valence-electron chi connectivity index (χ3n) is 30.3. The Bertz CT molecular complexity index is 6250. The molecule has 6 unspecified atom stereocenters. The van der Waals surface area contributed by atoms with Crippen molar-refractivity contribution in [2.75, 3.05) is 179 Å². The summed E-state index contributed by atoms with van der Waals surface area (Å²) >= 11 is 3.35. The van der Waals surface area contributed by atoms with E-state index in [1.54, 1.807) is 71.2 Å². The van der Waals surface area contributed by atoms with Gasteiger partial charge in [0.25, 0.3) is 0 Å². The number of piperazine rings is 2. The van der Waals surface area contributed by atoms with Crippen LogP contribution in [-0.4, -0.2) is 299 Å². The number of nitriles is 4. The van der Waals surface area contributed by atoms with Crippen LogP contribution >= 0.6 is 15.9 Å². The van der Waals surface area contributed by atoms with Crippen molar-refractivity contribution in [3.8, 4) is 24.3 Å². The van der Waals surface area contributed by atoms with Crippen LogP contribution in [0.15, 0.2) is 103 Å². The minimum Gasteiger partial charge on any atom is -0.481 e. The SMILES string of the molecule is CC(C)(C)OC(=O)N1CC(C(=O)O)C2(CC2)C1.CC(C)(C)OC(=O)N1CC(CO)C2(CC2)C1.CC(C)(C)OC(=O)N1CCNCC1.N#Cc1ccc(Br)c2nccnc12.N#Cc1ccc(N2CC(CN3CCNCC3)C3(CC3)C2)c2nccnc12.N#Cc1ccc(N2CC(CO)C3(CC3)C2)c2nccnc12.N#Cc1ccc(N2CC(COS(=O)(=O)C(F)(F)F)C3(CC3)C2)c2nccnc12.OCC1CNCC12CC2. The second-order valence-electron chi connectivity index (χ2n) is 43.5. The molecule has 14 aliphatic rings. The summed E-state index contributed by atoms with van der Waals surface area (Å²) in [5, 5.41) is 83.5. The second kappa shape index (κ2) is 43.2. The molecule has 6 atom stereocenters. The van der Waals surface area contributed by atoms with Gasteiger partial charge < -0.3 is 84.9 Å². The number of nitrogens with zero attached hydrogens (tertiary/aromatic N) is 19. The summed E-state index contributed by atoms with van der Waals surface area (Å²) in [7, 11) is -5.61. The number of hydrogen-bond donors (Lipinski definition) is 7. The van der Waals surface area contributed by atoms with E-state index < -0.39 is 51.4 Å². The van der Waals surface area contributed by atoms with Gasteiger partial charge in [-0.2, -0.15) is 42.6 Å². The summed E-state index contributed by atoms with van der Waals surface area (Å²) in [6.07, 6.45) is 25.5. The fourth-order valence-corrected chi connectivity index (χ4v) is 22.1. The number of anilines is 3. The largest absolute Gasteiger partial charge is 0.523 e. The molecule has 22 rings (SSSR count). The normalized spacial score (nSPS) is 23.1. The number of aromatic nitrogens is 8. The Hall–Kier alpha value is -11.2. The Labute approximate surface area is 840 Å². The first-order valence-electron chi connectivity index (χ1n) is 49.3. The number of aliphatic carboxylic acids is 1. The van der Waals surface area contributed by atoms with Crippen LogP contribution in [0.4, 0.5) is 44.6 Å². The van der Waals surface area contributed by atoms with E-state index in [0.717, 1.165) is 186 Å². The van der Waals surface area contributed by atoms with Gasteiger partial charge in [0.05, 0.1) is 51.8 Å². The topological polar surface area (TPSA) is 477 Å². The average Bonchev–Trinajstić information content (AvgIpc) is 1.58. The van der Waals surface area contributed by atoms with Crippen LogP contribution in [0.1, 0.15) is 162 Å². The fraction of sp³-hybridized carbons (Fsp3) is 0.608. The van der Waals surface area contributed by atoms with E-state index in [9.17, 15) is 66.8 Å². The highest BCUT2D eigenvalue weighted by Crippen LogP contribution is 2.62. The number of likely N-dealkylation sites (tertiary alicyclic amines) is 2. The molecule has 143 heavy (non-hydrogen) atoms. The first-order chi connectivity index (χ1) is 68.0. The summed E-state index contributed by atoms with van der Waals surface area (Å²) in [6, 6.07) is 23.2. The van der Waals surface area contributed by atoms with Gasteiger partial charge in [0.1, 0.15) is 85.2 Å². The number of hydrogen-bond acceptors (Lipinski definition) is 32. The zero-order chi connectivity index (χ0) is 102. The Morgan fingerprint density at radius 3 is 1.10 bits per heavy atom. The first kappa shape index (κ1) is 106. The molecule has 0 bridgehead atoms. The molecule has 7 N–H and O–H groups in total. The quantitative estimate of drug-likeness (QED) is 0.0339. The third kappa shape index (κ3) is 25.0. The zero-order valence-corrected chi connectivity index (χ0v) is 85.1. The average molecular weight is 2060 g/mol. The Kier molecular flexibility index (Phi) is 32.0. The molecule has 8 aliphatic heterocycles. The molecule has 6 spiro atoms. The highest BCUT2D eigenvalue weighted by molar-refractivity contribution is 9.10. The van der Waals surface area contributed by atoms with Crippen LogP contribution < -0.4 is 30.7 Å². The van der Waals surface area contributed by atoms with Gasteiger partial charge in [0.15, 0.2) is 0 Å². The monoisotopic (exact) mass is 2050 g/mol. The third-order valence-corrected chi connectivity index (χ3v) is 32.0. The van der Waals surface area contributed by atoms with Crippen molar-refractivity contribution in [3.05, 3.63) is 125 Å². The number of aliphatic hydroxyl groups is 3. The van der Waals surface area contributed by atoms with Crippen molar-refractivity contribution >= 4 is 111 Å². The van der Waals surface area contributed by atoms with E-state index in [0.29, 0.717) is 105 Å². The van der Waals surface area contributed by atoms with Gasteiger partial charge in [-0.15, -0.1) is 0 Å². The molecule has 14 fully saturated rings. The number of benzene rings is 4. The van der Waals surface area contributed by atoms with Crippen molar-refractivity contribution in [1.29, 1.82) is 21.0 Å². The van der Waals surface area contributed by atoms with Gasteiger partial charge in [0, 0.05) is 240 Å². The number of ether oxygens (including phenoxy) is 3. The predicted octanol–water partition coefficient (Wildman–Crippen LogP) is 12.3. The maximum absolute atomic E-state index is 12.5. The maximum Gasteiger partial charge on any atom is 0.523 e. The van der Waals surface area contributed by atoms with E-state index in [1.165, 1.54) is 62.4 Å². The van der Waals surface area contributed by atoms with Crippen LogP contribution in [0.25, 0.3) is 44.1 Å². The fourth-order valence-electron chi connectivity index (χ4n) is 21.2. The molecule has 41 heteroatoms. The number of halogens is 4. The van der Waals surface area contributed by atoms with Crippen molar-refractivity contribution < 1.29 is 79.6 Å². The molecule has 8 saturated heterocycles. The molecular formula is C102H130BrF3N22O14S. The van der Waals surface area contributed by atoms with Crippen molar-refractivity contribution in [2.45, 2.75) is 162 Å². The number of carboxylic acid groups (broad SMARTS) is 1. The lowest BCUT2D eigenvalue weighted by atomic mass is 9.92. The molecule has 0 radical (unpaired) electrons. The van der Waals surface area contributed by atoms with Gasteiger partial charge in [-0.25, -0.2) is 14.4 Å². The van der Waals surface area contributed by atoms with E-state index >= 15 is 0 Å². The van der Waals surface area contributed by atoms with Gasteiger partial charge in [-0.3, -0.25) is 48.8 Å². The summed E-state index contributed by atoms with van der Waals surface area (Å²) in [5.74, 6) is 0.316. The number of aliphatic hydroxyl groups excluding tert-OH is 3. The highest BCUT2D eigenvalue weighted by atomic mass is 79.9. The van der Waals surface area contributed by atoms with Crippen LogP contribution in [-0.2, 0) is 33.3 Å². The number of carboxylic acids is 1. The summed E-state index contributed by atoms with van der Waals surface area (Å²) in [4.78, 5) is 95.2. The summed E-state index contributed by atoms with van der Waals surface area (Å²) in [6.45, 7) is 35.3. The number of carbonyl (C=O) groups excluding carboxylic acids is 3. The molecule has 4 aromatic carbocycles. The number of nitrogens with one attached hydrogen (secondary N) is 3. The molecule has 4 aromatic heterocycles. The van der Waals surface area contributed by atoms with Crippen LogP contribution in [0.2, 0.25) is 0 Å². The first-order valence-corrected chi connectivity index (χ1v) is 51.5. The zero-order valence-electron chi connectivity index (χ0n) is 82.7. The smallest absolute Gasteiger partial charge is 0.481 e. The Balaban J connectivity index is 0.000000126. The minimum atomic E-state index is -5.61. The van der Waals surface area contributed by atoms with Crippen LogP contribution in [0, 0.1) is 113 Å². The highest BCUT2D eigenvalue weighted by Gasteiger charge is 2.62. The molecule has 36 nitrogen and oxygen atoms in total. The second-order valence-corrected chi connectivity index (χ2v) is 46.0. The molecule has 3 amide bonds. The molecule has 766 valence electrons. The number of alkyl halides is 3. The van der Waals surface area contributed by atoms with Gasteiger partial charge in [-0.05, 0) is 237 Å². The van der Waals surface area contributed by atoms with Crippen LogP contribution in [0.3, 0.4) is 0 Å². The number of fused-ring (bicyclic) bond motifs is 4. The minimum absolute atomic E-state index is 0.164. The van der Waals surface area contributed by atoms with E-state index in [-0.39, 0.29) is 65.6 Å². The molecule has 6 saturated carbocycles. The Morgan fingerprint density at radius 1 is 0.420 bits per heavy atom. The van der Waals surface area contributed by atoms with E-state index in [4.69, 9.17) is 29.7 Å². The van der Waals surface area contributed by atoms with E-state index in [1.807, 2.05) is 85.4 Å². The van der Waals surface area contributed by atoms with Crippen molar-refractivity contribution in [3.63, 3.8) is 0 Å². The van der Waals surface area contributed by atoms with Crippen molar-refractivity contribution in [2.24, 2.45) is 68.0 Å². The van der Waals surface area contributed by atoms with E-state index in [2.05, 4.69) is 121 Å². The lowest BCUT2D eigenvalue weighted by Crippen LogP contribution is -2.48. The van der Waals surface area contributed by atoms with Gasteiger partial charge in [0.2, 0.25) is 0 Å². The molecular weight excluding hydrogens is 1930 g/mol. The number of rotatable bonds is 12. The standard InChI is InChI=1S/C20H24N6.C17H15F3N4O3S.C16H16N4O.C12H19NO4.C12H21NO3.C9H4BrN3.C9H18N2O2.C7H13NO/c21-11-15-1-2-17(19-18(15)23-5-6-24-19)26-13-16(20(14-26)3-4-20)12-25-9-7-22-8-10-25;18-17(19,20)28(25,26)27-9-12-8-24(10-16(12)3-4-16)13-2-1-11(7-21)14-15(13)23-6-5-22-14;17-7-11-1-2-13(15-14(11)18-5-6-19-15)20-8-12(9-21)16(10-20)3-4-16;1-11(2,3)17-10(16)13-6-8(9(14)15)12(7-13)4-5-12;1-11(2,3)16-10(15)13-6-9(7-14)12(8-13)4-5-12;10-7-2-1-6(5-11)8-9(7)13-4-3-12-8;1-9(2,3)13-8(12)11-6-4-10-5-7-11;9-4-6-3-8-5-7(6)1-2-7/h1-2,5-6,16,22H,3-4,7-10,12-14H2;1-2,5-6,12H,3-4,8-10H2;1-2,5-6,12,21H,3-4,8-10H2;8H,4-7H2,1-3H3,(H,14,15);9,14H,4-8H2,1-3H3;1-4H;10H,4-7H2,1-3H3;6,8-9H,1-5H2. The lowest BCUT2D eigenvalue weighted by molar-refractivity contribution is -0.142.